The Labute approximate surface area is 138 Å². The minimum Gasteiger partial charge on any atom is -0.383 e. The van der Waals surface area contributed by atoms with Crippen molar-refractivity contribution in [1.29, 1.82) is 0 Å². The van der Waals surface area contributed by atoms with Crippen LogP contribution in [-0.2, 0) is 6.54 Å². The number of rotatable bonds is 4. The first-order chi connectivity index (χ1) is 11.6. The molecule has 8 nitrogen and oxygen atoms in total. The first-order valence-electron chi connectivity index (χ1n) is 7.30. The number of anilines is 2. The summed E-state index contributed by atoms with van der Waals surface area (Å²) < 4.78 is 0. The predicted molar refractivity (Wildman–Crippen MR) is 91.0 cm³/mol. The normalized spacial score (nSPS) is 10.4. The standard InChI is InChI=1S/C16H17N7O/c1-23(10-11-4-7-18-8-5-11)16(24)20-15-13(14(17)21-22-15)12-3-2-6-19-9-12/h2-9H,10H2,1H3,(H4,17,20,21,22,24). The molecule has 24 heavy (non-hydrogen) atoms. The van der Waals surface area contributed by atoms with Gasteiger partial charge in [-0.3, -0.25) is 20.4 Å². The van der Waals surface area contributed by atoms with Crippen LogP contribution in [0.5, 0.6) is 0 Å². The molecule has 3 heterocycles. The van der Waals surface area contributed by atoms with Gasteiger partial charge in [0.2, 0.25) is 0 Å². The van der Waals surface area contributed by atoms with Gasteiger partial charge in [0.25, 0.3) is 0 Å². The van der Waals surface area contributed by atoms with Gasteiger partial charge >= 0.3 is 6.03 Å². The molecule has 0 saturated heterocycles. The van der Waals surface area contributed by atoms with Crippen molar-refractivity contribution in [3.8, 4) is 11.1 Å². The van der Waals surface area contributed by atoms with Crippen LogP contribution < -0.4 is 11.1 Å². The predicted octanol–water partition coefficient (Wildman–Crippen LogP) is 2.11. The largest absolute Gasteiger partial charge is 0.383 e. The van der Waals surface area contributed by atoms with Crippen LogP contribution in [0.2, 0.25) is 0 Å². The van der Waals surface area contributed by atoms with Gasteiger partial charge in [0, 0.05) is 43.9 Å². The molecule has 8 heteroatoms. The Hall–Kier alpha value is -3.42. The van der Waals surface area contributed by atoms with Crippen LogP contribution in [0.15, 0.2) is 49.1 Å². The second-order valence-corrected chi connectivity index (χ2v) is 5.24. The van der Waals surface area contributed by atoms with Crippen LogP contribution in [0.3, 0.4) is 0 Å². The summed E-state index contributed by atoms with van der Waals surface area (Å²) in [4.78, 5) is 22.0. The minimum absolute atomic E-state index is 0.288. The van der Waals surface area contributed by atoms with E-state index in [1.807, 2.05) is 18.2 Å². The van der Waals surface area contributed by atoms with Crippen molar-refractivity contribution < 1.29 is 4.79 Å². The van der Waals surface area contributed by atoms with Crippen LogP contribution in [0, 0.1) is 0 Å². The van der Waals surface area contributed by atoms with Gasteiger partial charge in [0.05, 0.1) is 5.56 Å². The third kappa shape index (κ3) is 3.32. The number of H-pyrrole nitrogens is 1. The quantitative estimate of drug-likeness (QED) is 0.680. The van der Waals surface area contributed by atoms with E-state index in [0.717, 1.165) is 11.1 Å². The summed E-state index contributed by atoms with van der Waals surface area (Å²) in [5.74, 6) is 0.738. The number of aromatic amines is 1. The van der Waals surface area contributed by atoms with E-state index in [2.05, 4.69) is 25.5 Å². The van der Waals surface area contributed by atoms with Gasteiger partial charge in [-0.25, -0.2) is 4.79 Å². The fourth-order valence-electron chi connectivity index (χ4n) is 2.28. The molecule has 0 atom stereocenters. The maximum absolute atomic E-state index is 12.4. The van der Waals surface area contributed by atoms with E-state index in [4.69, 9.17) is 5.73 Å². The number of nitrogens with zero attached hydrogens (tertiary/aromatic N) is 4. The van der Waals surface area contributed by atoms with Crippen molar-refractivity contribution in [3.05, 3.63) is 54.6 Å². The first kappa shape index (κ1) is 15.5. The summed E-state index contributed by atoms with van der Waals surface area (Å²) in [7, 11) is 1.70. The van der Waals surface area contributed by atoms with Gasteiger partial charge < -0.3 is 10.6 Å². The molecule has 0 radical (unpaired) electrons. The number of urea groups is 1. The van der Waals surface area contributed by atoms with E-state index in [9.17, 15) is 4.79 Å². The molecule has 0 aliphatic carbocycles. The third-order valence-electron chi connectivity index (χ3n) is 3.49. The number of amides is 2. The van der Waals surface area contributed by atoms with Crippen LogP contribution in [-0.4, -0.2) is 38.1 Å². The van der Waals surface area contributed by atoms with E-state index < -0.39 is 0 Å². The Morgan fingerprint density at radius 1 is 1.25 bits per heavy atom. The smallest absolute Gasteiger partial charge is 0.323 e. The molecular formula is C16H17N7O. The zero-order chi connectivity index (χ0) is 16.9. The van der Waals surface area contributed by atoms with E-state index in [1.54, 1.807) is 42.8 Å². The lowest BCUT2D eigenvalue weighted by Gasteiger charge is -2.17. The highest BCUT2D eigenvalue weighted by Crippen LogP contribution is 2.30. The van der Waals surface area contributed by atoms with Crippen molar-refractivity contribution in [2.24, 2.45) is 0 Å². The monoisotopic (exact) mass is 323 g/mol. The Morgan fingerprint density at radius 3 is 2.75 bits per heavy atom. The SMILES string of the molecule is CN(Cc1ccncc1)C(=O)Nc1n[nH]c(N)c1-c1cccnc1. The molecule has 0 aliphatic heterocycles. The number of nitrogen functional groups attached to an aromatic ring is 1. The molecule has 2 amide bonds. The number of hydrogen-bond acceptors (Lipinski definition) is 5. The zero-order valence-corrected chi connectivity index (χ0v) is 13.1. The Morgan fingerprint density at radius 2 is 2.04 bits per heavy atom. The average Bonchev–Trinajstić information content (AvgIpc) is 2.97. The second-order valence-electron chi connectivity index (χ2n) is 5.24. The lowest BCUT2D eigenvalue weighted by atomic mass is 10.1. The maximum Gasteiger partial charge on any atom is 0.323 e. The van der Waals surface area contributed by atoms with Crippen LogP contribution in [0.25, 0.3) is 11.1 Å². The van der Waals surface area contributed by atoms with Gasteiger partial charge in [-0.15, -0.1) is 0 Å². The second kappa shape index (κ2) is 6.78. The zero-order valence-electron chi connectivity index (χ0n) is 13.1. The van der Waals surface area contributed by atoms with Gasteiger partial charge in [0.15, 0.2) is 5.82 Å². The summed E-state index contributed by atoms with van der Waals surface area (Å²) in [5, 5.41) is 9.53. The first-order valence-corrected chi connectivity index (χ1v) is 7.30. The fraction of sp³-hybridized carbons (Fsp3) is 0.125. The summed E-state index contributed by atoms with van der Waals surface area (Å²) in [5.41, 5.74) is 8.31. The van der Waals surface area contributed by atoms with Gasteiger partial charge in [-0.1, -0.05) is 6.07 Å². The molecule has 0 fully saturated rings. The number of carbonyl (C=O) groups is 1. The number of pyridine rings is 2. The van der Waals surface area contributed by atoms with Crippen LogP contribution in [0.4, 0.5) is 16.4 Å². The van der Waals surface area contributed by atoms with E-state index in [1.165, 1.54) is 0 Å². The highest BCUT2D eigenvalue weighted by molar-refractivity contribution is 5.95. The molecule has 3 rings (SSSR count). The Bertz CT molecular complexity index is 817. The van der Waals surface area contributed by atoms with Crippen molar-refractivity contribution in [2.75, 3.05) is 18.1 Å². The van der Waals surface area contributed by atoms with Gasteiger partial charge in [-0.05, 0) is 23.8 Å². The van der Waals surface area contributed by atoms with E-state index in [-0.39, 0.29) is 6.03 Å². The molecule has 3 aromatic rings. The van der Waals surface area contributed by atoms with E-state index in [0.29, 0.717) is 23.7 Å². The van der Waals surface area contributed by atoms with Crippen molar-refractivity contribution in [1.82, 2.24) is 25.1 Å². The molecule has 122 valence electrons. The topological polar surface area (TPSA) is 113 Å². The number of carbonyl (C=O) groups excluding carboxylic acids is 1. The molecular weight excluding hydrogens is 306 g/mol. The highest BCUT2D eigenvalue weighted by atomic mass is 16.2. The van der Waals surface area contributed by atoms with Gasteiger partial charge in [0.1, 0.15) is 5.82 Å². The molecule has 4 N–H and O–H groups in total. The lowest BCUT2D eigenvalue weighted by molar-refractivity contribution is 0.220. The minimum atomic E-state index is -0.288. The summed E-state index contributed by atoms with van der Waals surface area (Å²) in [6, 6.07) is 7.07. The number of nitrogens with one attached hydrogen (secondary N) is 2. The Balaban J connectivity index is 1.76. The number of aromatic nitrogens is 4. The lowest BCUT2D eigenvalue weighted by Crippen LogP contribution is -2.31. The fourth-order valence-corrected chi connectivity index (χ4v) is 2.28. The number of nitrogens with two attached hydrogens (primary N) is 1. The van der Waals surface area contributed by atoms with E-state index >= 15 is 0 Å². The molecule has 0 aliphatic rings. The summed E-state index contributed by atoms with van der Waals surface area (Å²) in [6.07, 6.45) is 6.71. The average molecular weight is 323 g/mol. The molecule has 0 bridgehead atoms. The van der Waals surface area contributed by atoms with Gasteiger partial charge in [-0.2, -0.15) is 5.10 Å². The van der Waals surface area contributed by atoms with Crippen molar-refractivity contribution in [2.45, 2.75) is 6.54 Å². The summed E-state index contributed by atoms with van der Waals surface area (Å²) >= 11 is 0. The Kier molecular flexibility index (Phi) is 4.37. The van der Waals surface area contributed by atoms with Crippen molar-refractivity contribution >= 4 is 17.7 Å². The molecule has 0 aromatic carbocycles. The maximum atomic E-state index is 12.4. The molecule has 0 spiro atoms. The highest BCUT2D eigenvalue weighted by Gasteiger charge is 2.17. The molecule has 0 saturated carbocycles. The van der Waals surface area contributed by atoms with Crippen molar-refractivity contribution in [3.63, 3.8) is 0 Å². The molecule has 0 unspecified atom stereocenters. The van der Waals surface area contributed by atoms with Crippen LogP contribution >= 0.6 is 0 Å². The third-order valence-corrected chi connectivity index (χ3v) is 3.49. The summed E-state index contributed by atoms with van der Waals surface area (Å²) in [6.45, 7) is 0.455. The molecule has 3 aromatic heterocycles. The number of hydrogen-bond donors (Lipinski definition) is 3. The van der Waals surface area contributed by atoms with Crippen LogP contribution in [0.1, 0.15) is 5.56 Å².